The third-order valence-corrected chi connectivity index (χ3v) is 2.88. The maximum atomic E-state index is 11.2. The van der Waals surface area contributed by atoms with Crippen molar-refractivity contribution in [1.82, 2.24) is 0 Å². The van der Waals surface area contributed by atoms with Crippen LogP contribution >= 0.6 is 0 Å². The molecule has 21 heavy (non-hydrogen) atoms. The number of ketones is 2. The van der Waals surface area contributed by atoms with Crippen LogP contribution in [-0.2, 0) is 9.59 Å². The van der Waals surface area contributed by atoms with Crippen LogP contribution in [0.3, 0.4) is 0 Å². The van der Waals surface area contributed by atoms with Gasteiger partial charge in [-0.3, -0.25) is 9.59 Å². The number of carboxylic acid groups (broad SMARTS) is 1. The highest BCUT2D eigenvalue weighted by Crippen LogP contribution is 2.13. The number of carbonyl (C=O) groups excluding carboxylic acids is 2. The summed E-state index contributed by atoms with van der Waals surface area (Å²) in [6.45, 7) is 3.74. The predicted molar refractivity (Wildman–Crippen MR) is 77.6 cm³/mol. The Bertz CT molecular complexity index is 516. The molecule has 1 aromatic rings. The molecular formula is C16H18O5. The van der Waals surface area contributed by atoms with Gasteiger partial charge in [0.05, 0.1) is 12.2 Å². The third-order valence-electron chi connectivity index (χ3n) is 2.88. The lowest BCUT2D eigenvalue weighted by atomic mass is 10.1. The average Bonchev–Trinajstić information content (AvgIpc) is 2.50. The number of aromatic carboxylic acids is 1. The van der Waals surface area contributed by atoms with Gasteiger partial charge in [-0.2, -0.15) is 0 Å². The van der Waals surface area contributed by atoms with Crippen molar-refractivity contribution in [2.75, 3.05) is 6.61 Å². The van der Waals surface area contributed by atoms with Crippen LogP contribution in [0, 0.1) is 0 Å². The zero-order chi connectivity index (χ0) is 15.7. The third kappa shape index (κ3) is 6.03. The van der Waals surface area contributed by atoms with Gasteiger partial charge < -0.3 is 9.84 Å². The summed E-state index contributed by atoms with van der Waals surface area (Å²) >= 11 is 0. The highest BCUT2D eigenvalue weighted by atomic mass is 16.5. The molecule has 5 nitrogen and oxygen atoms in total. The molecule has 1 rings (SSSR count). The second-order valence-corrected chi connectivity index (χ2v) is 4.48. The monoisotopic (exact) mass is 290 g/mol. The number of carboxylic acids is 1. The number of hydrogen-bond acceptors (Lipinski definition) is 4. The molecule has 0 heterocycles. The summed E-state index contributed by atoms with van der Waals surface area (Å²) in [7, 11) is 0. The Hall–Kier alpha value is -2.43. The van der Waals surface area contributed by atoms with E-state index in [9.17, 15) is 14.4 Å². The molecule has 1 aromatic carbocycles. The van der Waals surface area contributed by atoms with Crippen molar-refractivity contribution in [2.24, 2.45) is 0 Å². The number of ether oxygens (including phenoxy) is 1. The topological polar surface area (TPSA) is 80.7 Å². The molecule has 0 radical (unpaired) electrons. The zero-order valence-corrected chi connectivity index (χ0v) is 11.7. The molecular weight excluding hydrogens is 272 g/mol. The van der Waals surface area contributed by atoms with Crippen LogP contribution in [0.1, 0.15) is 36.0 Å². The number of allylic oxidation sites excluding steroid dienone is 1. The molecule has 1 N–H and O–H groups in total. The van der Waals surface area contributed by atoms with Gasteiger partial charge >= 0.3 is 5.97 Å². The summed E-state index contributed by atoms with van der Waals surface area (Å²) in [6.07, 6.45) is 3.45. The fourth-order valence-electron chi connectivity index (χ4n) is 1.69. The van der Waals surface area contributed by atoms with Gasteiger partial charge in [-0.25, -0.2) is 4.79 Å². The van der Waals surface area contributed by atoms with Crippen LogP contribution in [0.2, 0.25) is 0 Å². The summed E-state index contributed by atoms with van der Waals surface area (Å²) in [5, 5.41) is 8.75. The molecule has 0 atom stereocenters. The van der Waals surface area contributed by atoms with Crippen molar-refractivity contribution < 1.29 is 24.2 Å². The molecule has 0 unspecified atom stereocenters. The maximum absolute atomic E-state index is 11.2. The Morgan fingerprint density at radius 2 is 1.76 bits per heavy atom. The van der Waals surface area contributed by atoms with E-state index in [2.05, 4.69) is 6.58 Å². The Morgan fingerprint density at radius 1 is 1.10 bits per heavy atom. The zero-order valence-electron chi connectivity index (χ0n) is 11.7. The number of carbonyl (C=O) groups is 3. The highest BCUT2D eigenvalue weighted by Gasteiger charge is 2.08. The largest absolute Gasteiger partial charge is 0.494 e. The van der Waals surface area contributed by atoms with Gasteiger partial charge in [0.1, 0.15) is 5.75 Å². The Labute approximate surface area is 123 Å². The summed E-state index contributed by atoms with van der Waals surface area (Å²) in [5.41, 5.74) is 0.216. The van der Waals surface area contributed by atoms with E-state index in [1.807, 2.05) is 0 Å². The van der Waals surface area contributed by atoms with E-state index in [-0.39, 0.29) is 12.0 Å². The van der Waals surface area contributed by atoms with Gasteiger partial charge in [0, 0.05) is 6.42 Å². The minimum absolute atomic E-state index is 0.216. The molecule has 0 fully saturated rings. The van der Waals surface area contributed by atoms with E-state index in [0.717, 1.165) is 18.9 Å². The molecule has 0 spiro atoms. The lowest BCUT2D eigenvalue weighted by Crippen LogP contribution is -2.10. The van der Waals surface area contributed by atoms with Gasteiger partial charge in [0.15, 0.2) is 0 Å². The van der Waals surface area contributed by atoms with Crippen LogP contribution in [-0.4, -0.2) is 29.2 Å². The Morgan fingerprint density at radius 3 is 2.33 bits per heavy atom. The molecule has 0 saturated heterocycles. The molecule has 0 aromatic heterocycles. The number of rotatable bonds is 10. The smallest absolute Gasteiger partial charge is 0.335 e. The molecule has 0 saturated carbocycles. The molecule has 0 aliphatic rings. The van der Waals surface area contributed by atoms with Crippen molar-refractivity contribution in [3.8, 4) is 5.75 Å². The van der Waals surface area contributed by atoms with Crippen LogP contribution in [0.4, 0.5) is 0 Å². The summed E-state index contributed by atoms with van der Waals surface area (Å²) < 4.78 is 5.46. The fraction of sp³-hybridized carbons (Fsp3) is 0.312. The van der Waals surface area contributed by atoms with Crippen molar-refractivity contribution in [3.63, 3.8) is 0 Å². The normalized spacial score (nSPS) is 9.90. The van der Waals surface area contributed by atoms with E-state index in [1.165, 1.54) is 12.1 Å². The minimum Gasteiger partial charge on any atom is -0.494 e. The highest BCUT2D eigenvalue weighted by molar-refractivity contribution is 6.41. The second-order valence-electron chi connectivity index (χ2n) is 4.48. The van der Waals surface area contributed by atoms with E-state index in [1.54, 1.807) is 12.1 Å². The molecule has 0 amide bonds. The molecule has 112 valence electrons. The van der Waals surface area contributed by atoms with E-state index in [0.29, 0.717) is 18.8 Å². The van der Waals surface area contributed by atoms with Crippen molar-refractivity contribution in [1.29, 1.82) is 0 Å². The summed E-state index contributed by atoms with van der Waals surface area (Å²) in [4.78, 5) is 32.8. The average molecular weight is 290 g/mol. The molecule has 5 heteroatoms. The predicted octanol–water partition coefficient (Wildman–Crippen LogP) is 2.65. The quantitative estimate of drug-likeness (QED) is 0.407. The van der Waals surface area contributed by atoms with Gasteiger partial charge in [-0.15, -0.1) is 0 Å². The van der Waals surface area contributed by atoms with Crippen LogP contribution in [0.15, 0.2) is 36.9 Å². The van der Waals surface area contributed by atoms with Crippen molar-refractivity contribution >= 4 is 17.5 Å². The molecule has 0 aliphatic heterocycles. The molecule has 0 bridgehead atoms. The van der Waals surface area contributed by atoms with Crippen molar-refractivity contribution in [3.05, 3.63) is 42.5 Å². The lowest BCUT2D eigenvalue weighted by molar-refractivity contribution is -0.133. The first kappa shape index (κ1) is 16.6. The van der Waals surface area contributed by atoms with Crippen LogP contribution in [0.25, 0.3) is 0 Å². The number of unbranched alkanes of at least 4 members (excludes halogenated alkanes) is 2. The number of hydrogen-bond donors (Lipinski definition) is 1. The molecule has 0 aliphatic carbocycles. The summed E-state index contributed by atoms with van der Waals surface area (Å²) in [5.74, 6) is -1.31. The van der Waals surface area contributed by atoms with Gasteiger partial charge in [-0.1, -0.05) is 6.58 Å². The van der Waals surface area contributed by atoms with Gasteiger partial charge in [0.2, 0.25) is 11.6 Å². The Balaban J connectivity index is 2.17. The second kappa shape index (κ2) is 8.68. The Kier molecular flexibility index (Phi) is 6.87. The van der Waals surface area contributed by atoms with E-state index in [4.69, 9.17) is 9.84 Å². The SMILES string of the molecule is C=CC(=O)C(=O)CCCCCOc1ccc(C(=O)O)cc1. The summed E-state index contributed by atoms with van der Waals surface area (Å²) in [6, 6.07) is 6.18. The first-order chi connectivity index (χ1) is 10.0. The van der Waals surface area contributed by atoms with Crippen LogP contribution in [0.5, 0.6) is 5.75 Å². The number of benzene rings is 1. The lowest BCUT2D eigenvalue weighted by Gasteiger charge is -2.06. The minimum atomic E-state index is -0.972. The van der Waals surface area contributed by atoms with Crippen molar-refractivity contribution in [2.45, 2.75) is 25.7 Å². The van der Waals surface area contributed by atoms with Gasteiger partial charge in [0.25, 0.3) is 0 Å². The standard InChI is InChI=1S/C16H18O5/c1-2-14(17)15(18)6-4-3-5-11-21-13-9-7-12(8-10-13)16(19)20/h2,7-10H,1,3-6,11H2,(H,19,20). The fourth-order valence-corrected chi connectivity index (χ4v) is 1.69. The maximum Gasteiger partial charge on any atom is 0.335 e. The van der Waals surface area contributed by atoms with E-state index >= 15 is 0 Å². The first-order valence-corrected chi connectivity index (χ1v) is 6.70. The first-order valence-electron chi connectivity index (χ1n) is 6.70. The number of Topliss-reactive ketones (excluding diaryl/α,β-unsaturated/α-hetero) is 1. The van der Waals surface area contributed by atoms with Crippen LogP contribution < -0.4 is 4.74 Å². The van der Waals surface area contributed by atoms with E-state index < -0.39 is 17.5 Å². The van der Waals surface area contributed by atoms with Gasteiger partial charge in [-0.05, 0) is 49.6 Å².